The van der Waals surface area contributed by atoms with Gasteiger partial charge in [0, 0.05) is 13.0 Å². The Morgan fingerprint density at radius 1 is 1.40 bits per heavy atom. The summed E-state index contributed by atoms with van der Waals surface area (Å²) in [6.07, 6.45) is 2.08. The number of rotatable bonds is 2. The minimum Gasteiger partial charge on any atom is -0.480 e. The van der Waals surface area contributed by atoms with Crippen LogP contribution in [0.2, 0.25) is 0 Å². The van der Waals surface area contributed by atoms with Crippen LogP contribution in [0.5, 0.6) is 5.75 Å². The van der Waals surface area contributed by atoms with E-state index in [9.17, 15) is 9.90 Å². The summed E-state index contributed by atoms with van der Waals surface area (Å²) in [7, 11) is 0. The van der Waals surface area contributed by atoms with E-state index in [0.717, 1.165) is 30.7 Å². The highest BCUT2D eigenvalue weighted by atomic mass is 16.5. The van der Waals surface area contributed by atoms with Gasteiger partial charge in [0.2, 0.25) is 0 Å². The molecule has 2 atom stereocenters. The molecule has 2 aliphatic rings. The van der Waals surface area contributed by atoms with Crippen LogP contribution >= 0.6 is 0 Å². The van der Waals surface area contributed by atoms with Gasteiger partial charge in [-0.15, -0.1) is 0 Å². The molecule has 4 heteroatoms. The molecular formula is C16H21NO3. The van der Waals surface area contributed by atoms with Crippen molar-refractivity contribution in [2.24, 2.45) is 0 Å². The molecule has 0 aliphatic carbocycles. The number of hydrogen-bond donors (Lipinski definition) is 1. The zero-order chi connectivity index (χ0) is 14.3. The van der Waals surface area contributed by atoms with Crippen LogP contribution in [0.4, 0.5) is 0 Å². The Morgan fingerprint density at radius 2 is 2.15 bits per heavy atom. The van der Waals surface area contributed by atoms with Crippen LogP contribution in [0, 0.1) is 13.8 Å². The van der Waals surface area contributed by atoms with Gasteiger partial charge in [-0.05, 0) is 49.4 Å². The first-order chi connectivity index (χ1) is 9.60. The van der Waals surface area contributed by atoms with Crippen LogP contribution in [0.25, 0.3) is 0 Å². The highest BCUT2D eigenvalue weighted by molar-refractivity contribution is 5.83. The number of amides is 1. The third-order valence-corrected chi connectivity index (χ3v) is 4.50. The molecule has 1 unspecified atom stereocenters. The van der Waals surface area contributed by atoms with Crippen LogP contribution in [-0.2, 0) is 11.2 Å². The summed E-state index contributed by atoms with van der Waals surface area (Å²) in [5.41, 5.74) is 3.53. The standard InChI is InChI=1S/C16H21NO3/c1-10-6-12-8-15(20-14(12)7-11(10)2)16(19)17-5-3-4-13(17)9-18/h6-7,13,15,18H,3-5,8-9H2,1-2H3/t13-,15?/m1/s1. The van der Waals surface area contributed by atoms with Crippen molar-refractivity contribution in [2.45, 2.75) is 45.3 Å². The Balaban J connectivity index is 1.76. The SMILES string of the molecule is Cc1cc2c(cc1C)OC(C(=O)N1CCC[C@@H]1CO)C2. The molecular weight excluding hydrogens is 254 g/mol. The largest absolute Gasteiger partial charge is 0.480 e. The molecule has 4 nitrogen and oxygen atoms in total. The van der Waals surface area contributed by atoms with Gasteiger partial charge in [-0.3, -0.25) is 4.79 Å². The van der Waals surface area contributed by atoms with Crippen molar-refractivity contribution in [1.82, 2.24) is 4.90 Å². The van der Waals surface area contributed by atoms with Crippen LogP contribution in [0.1, 0.15) is 29.5 Å². The number of carbonyl (C=O) groups is 1. The Bertz CT molecular complexity index is 510. The maximum Gasteiger partial charge on any atom is 0.264 e. The monoisotopic (exact) mass is 275 g/mol. The minimum absolute atomic E-state index is 0.0213. The van der Waals surface area contributed by atoms with Gasteiger partial charge in [-0.2, -0.15) is 0 Å². The summed E-state index contributed by atoms with van der Waals surface area (Å²) in [5, 5.41) is 9.34. The summed E-state index contributed by atoms with van der Waals surface area (Å²) in [6.45, 7) is 4.91. The van der Waals surface area contributed by atoms with E-state index in [-0.39, 0.29) is 18.6 Å². The van der Waals surface area contributed by atoms with E-state index in [4.69, 9.17) is 4.74 Å². The second kappa shape index (κ2) is 5.09. The molecule has 2 aliphatic heterocycles. The maximum atomic E-state index is 12.5. The fraction of sp³-hybridized carbons (Fsp3) is 0.562. The molecule has 2 heterocycles. The van der Waals surface area contributed by atoms with Crippen molar-refractivity contribution in [3.05, 3.63) is 28.8 Å². The number of likely N-dealkylation sites (tertiary alicyclic amines) is 1. The summed E-state index contributed by atoms with van der Waals surface area (Å²) >= 11 is 0. The van der Waals surface area contributed by atoms with E-state index in [1.54, 1.807) is 4.90 Å². The Hall–Kier alpha value is -1.55. The summed E-state index contributed by atoms with van der Waals surface area (Å²) in [5.74, 6) is 0.860. The van der Waals surface area contributed by atoms with Gasteiger partial charge in [0.05, 0.1) is 12.6 Å². The molecule has 1 N–H and O–H groups in total. The van der Waals surface area contributed by atoms with Gasteiger partial charge in [-0.25, -0.2) is 0 Å². The third kappa shape index (κ3) is 2.18. The lowest BCUT2D eigenvalue weighted by molar-refractivity contribution is -0.139. The highest BCUT2D eigenvalue weighted by Crippen LogP contribution is 2.33. The van der Waals surface area contributed by atoms with Crippen molar-refractivity contribution < 1.29 is 14.6 Å². The number of carbonyl (C=O) groups excluding carboxylic acids is 1. The lowest BCUT2D eigenvalue weighted by Gasteiger charge is -2.25. The molecule has 108 valence electrons. The van der Waals surface area contributed by atoms with Crippen LogP contribution < -0.4 is 4.74 Å². The molecule has 1 aromatic rings. The van der Waals surface area contributed by atoms with Crippen molar-refractivity contribution in [3.63, 3.8) is 0 Å². The predicted molar refractivity (Wildman–Crippen MR) is 75.9 cm³/mol. The number of aryl methyl sites for hydroxylation is 2. The second-order valence-corrected chi connectivity index (χ2v) is 5.87. The third-order valence-electron chi connectivity index (χ3n) is 4.50. The minimum atomic E-state index is -0.418. The number of aliphatic hydroxyl groups excluding tert-OH is 1. The smallest absolute Gasteiger partial charge is 0.264 e. The molecule has 1 saturated heterocycles. The first-order valence-corrected chi connectivity index (χ1v) is 7.28. The summed E-state index contributed by atoms with van der Waals surface area (Å²) in [4.78, 5) is 14.3. The number of aliphatic hydroxyl groups is 1. The van der Waals surface area contributed by atoms with Gasteiger partial charge >= 0.3 is 0 Å². The Morgan fingerprint density at radius 3 is 2.90 bits per heavy atom. The quantitative estimate of drug-likeness (QED) is 0.891. The number of hydrogen-bond acceptors (Lipinski definition) is 3. The molecule has 0 radical (unpaired) electrons. The van der Waals surface area contributed by atoms with Crippen LogP contribution in [0.15, 0.2) is 12.1 Å². The highest BCUT2D eigenvalue weighted by Gasteiger charge is 2.37. The maximum absolute atomic E-state index is 12.5. The number of benzene rings is 1. The van der Waals surface area contributed by atoms with Crippen LogP contribution in [-0.4, -0.2) is 41.2 Å². The fourth-order valence-electron chi connectivity index (χ4n) is 3.15. The Labute approximate surface area is 119 Å². The summed E-state index contributed by atoms with van der Waals surface area (Å²) in [6, 6.07) is 4.11. The average Bonchev–Trinajstić information content (AvgIpc) is 3.04. The van der Waals surface area contributed by atoms with E-state index in [0.29, 0.717) is 6.42 Å². The number of nitrogens with zero attached hydrogens (tertiary/aromatic N) is 1. The molecule has 1 aromatic carbocycles. The van der Waals surface area contributed by atoms with Crippen molar-refractivity contribution in [3.8, 4) is 5.75 Å². The Kier molecular flexibility index (Phi) is 3.42. The van der Waals surface area contributed by atoms with Gasteiger partial charge < -0.3 is 14.7 Å². The first kappa shape index (κ1) is 13.4. The normalized spacial score (nSPS) is 24.6. The lowest BCUT2D eigenvalue weighted by atomic mass is 10.0. The van der Waals surface area contributed by atoms with Crippen molar-refractivity contribution in [2.75, 3.05) is 13.2 Å². The first-order valence-electron chi connectivity index (χ1n) is 7.28. The molecule has 3 rings (SSSR count). The fourth-order valence-corrected chi connectivity index (χ4v) is 3.15. The summed E-state index contributed by atoms with van der Waals surface area (Å²) < 4.78 is 5.84. The van der Waals surface area contributed by atoms with Gasteiger partial charge in [0.1, 0.15) is 5.75 Å². The van der Waals surface area contributed by atoms with E-state index >= 15 is 0 Å². The van der Waals surface area contributed by atoms with Gasteiger partial charge in [0.25, 0.3) is 5.91 Å². The number of ether oxygens (including phenoxy) is 1. The van der Waals surface area contributed by atoms with E-state index < -0.39 is 6.10 Å². The predicted octanol–water partition coefficient (Wildman–Crippen LogP) is 1.59. The van der Waals surface area contributed by atoms with Gasteiger partial charge in [0.15, 0.2) is 6.10 Å². The topological polar surface area (TPSA) is 49.8 Å². The van der Waals surface area contributed by atoms with E-state index in [1.165, 1.54) is 11.1 Å². The van der Waals surface area contributed by atoms with E-state index in [1.807, 2.05) is 6.07 Å². The molecule has 1 fully saturated rings. The molecule has 1 amide bonds. The lowest BCUT2D eigenvalue weighted by Crippen LogP contribution is -2.45. The van der Waals surface area contributed by atoms with Crippen LogP contribution in [0.3, 0.4) is 0 Å². The number of fused-ring (bicyclic) bond motifs is 1. The van der Waals surface area contributed by atoms with E-state index in [2.05, 4.69) is 19.9 Å². The molecule has 0 aromatic heterocycles. The molecule has 0 spiro atoms. The zero-order valence-electron chi connectivity index (χ0n) is 12.1. The molecule has 0 saturated carbocycles. The van der Waals surface area contributed by atoms with Crippen molar-refractivity contribution in [1.29, 1.82) is 0 Å². The van der Waals surface area contributed by atoms with Crippen molar-refractivity contribution >= 4 is 5.91 Å². The second-order valence-electron chi connectivity index (χ2n) is 5.87. The molecule has 0 bridgehead atoms. The molecule has 20 heavy (non-hydrogen) atoms. The zero-order valence-corrected chi connectivity index (χ0v) is 12.1. The average molecular weight is 275 g/mol. The van der Waals surface area contributed by atoms with Gasteiger partial charge in [-0.1, -0.05) is 6.07 Å².